The minimum Gasteiger partial charge on any atom is -0.350 e. The second-order valence-electron chi connectivity index (χ2n) is 3.95. The van der Waals surface area contributed by atoms with Crippen LogP contribution < -0.4 is 5.32 Å². The average molecular weight is 284 g/mol. The van der Waals surface area contributed by atoms with Gasteiger partial charge in [0.1, 0.15) is 0 Å². The van der Waals surface area contributed by atoms with Crippen LogP contribution in [0.1, 0.15) is 44.7 Å². The lowest BCUT2D eigenvalue weighted by atomic mass is 10.1. The fourth-order valence-corrected chi connectivity index (χ4v) is 1.93. The van der Waals surface area contributed by atoms with E-state index in [0.29, 0.717) is 6.42 Å². The first-order chi connectivity index (χ1) is 7.63. The highest BCUT2D eigenvalue weighted by Crippen LogP contribution is 2.17. The molecule has 1 rings (SSSR count). The molecule has 0 fully saturated rings. The van der Waals surface area contributed by atoms with Crippen molar-refractivity contribution in [3.63, 3.8) is 0 Å². The number of unbranched alkanes of at least 4 members (excludes halogenated alkanes) is 1. The minimum atomic E-state index is 0.0712. The summed E-state index contributed by atoms with van der Waals surface area (Å²) in [6, 6.07) is 8.09. The normalized spacial score (nSPS) is 12.2. The van der Waals surface area contributed by atoms with E-state index in [2.05, 4.69) is 28.2 Å². The van der Waals surface area contributed by atoms with E-state index in [9.17, 15) is 4.79 Å². The van der Waals surface area contributed by atoms with Gasteiger partial charge < -0.3 is 5.32 Å². The zero-order chi connectivity index (χ0) is 12.0. The third-order valence-electron chi connectivity index (χ3n) is 2.48. The first-order valence-corrected chi connectivity index (χ1v) is 6.47. The van der Waals surface area contributed by atoms with Crippen molar-refractivity contribution in [1.29, 1.82) is 0 Å². The lowest BCUT2D eigenvalue weighted by molar-refractivity contribution is -0.121. The third kappa shape index (κ3) is 4.35. The molecule has 1 aromatic rings. The number of carbonyl (C=O) groups excluding carboxylic acids is 1. The molecule has 0 heterocycles. The molecular weight excluding hydrogens is 266 g/mol. The highest BCUT2D eigenvalue weighted by molar-refractivity contribution is 9.10. The number of benzene rings is 1. The van der Waals surface area contributed by atoms with Crippen LogP contribution in [-0.2, 0) is 4.79 Å². The Hall–Kier alpha value is -0.830. The molecule has 88 valence electrons. The molecule has 1 aromatic carbocycles. The number of rotatable bonds is 5. The number of hydrogen-bond donors (Lipinski definition) is 1. The van der Waals surface area contributed by atoms with Crippen LogP contribution in [0.5, 0.6) is 0 Å². The predicted octanol–water partition coefficient (Wildman–Crippen LogP) is 3.82. The molecule has 0 spiro atoms. The zero-order valence-corrected chi connectivity index (χ0v) is 11.4. The lowest BCUT2D eigenvalue weighted by Gasteiger charge is -2.14. The van der Waals surface area contributed by atoms with Gasteiger partial charge in [-0.05, 0) is 31.0 Å². The fourth-order valence-electron chi connectivity index (χ4n) is 1.51. The van der Waals surface area contributed by atoms with Gasteiger partial charge in [-0.2, -0.15) is 0 Å². The van der Waals surface area contributed by atoms with Gasteiger partial charge in [-0.3, -0.25) is 4.79 Å². The van der Waals surface area contributed by atoms with Crippen LogP contribution in [0, 0.1) is 0 Å². The van der Waals surface area contributed by atoms with Crippen LogP contribution >= 0.6 is 15.9 Å². The smallest absolute Gasteiger partial charge is 0.220 e. The SMILES string of the molecule is CCCCC(=O)NC(C)c1cccc(Br)c1. The van der Waals surface area contributed by atoms with E-state index in [1.165, 1.54) is 0 Å². The summed E-state index contributed by atoms with van der Waals surface area (Å²) in [6.45, 7) is 4.09. The average Bonchev–Trinajstić information content (AvgIpc) is 2.26. The minimum absolute atomic E-state index is 0.0712. The van der Waals surface area contributed by atoms with E-state index in [1.54, 1.807) is 0 Å². The van der Waals surface area contributed by atoms with Gasteiger partial charge in [0.05, 0.1) is 6.04 Å². The van der Waals surface area contributed by atoms with Crippen LogP contribution in [0.15, 0.2) is 28.7 Å². The first kappa shape index (κ1) is 13.2. The van der Waals surface area contributed by atoms with E-state index in [1.807, 2.05) is 31.2 Å². The summed E-state index contributed by atoms with van der Waals surface area (Å²) < 4.78 is 1.04. The van der Waals surface area contributed by atoms with Crippen molar-refractivity contribution in [2.75, 3.05) is 0 Å². The molecule has 0 bridgehead atoms. The predicted molar refractivity (Wildman–Crippen MR) is 70.2 cm³/mol. The Labute approximate surface area is 106 Å². The molecular formula is C13H18BrNO. The van der Waals surface area contributed by atoms with Crippen LogP contribution in [0.4, 0.5) is 0 Å². The van der Waals surface area contributed by atoms with Gasteiger partial charge in [0, 0.05) is 10.9 Å². The Kier molecular flexibility index (Phi) is 5.53. The Balaban J connectivity index is 2.52. The van der Waals surface area contributed by atoms with E-state index in [0.717, 1.165) is 22.9 Å². The molecule has 1 unspecified atom stereocenters. The van der Waals surface area contributed by atoms with Crippen LogP contribution in [-0.4, -0.2) is 5.91 Å². The molecule has 0 aliphatic carbocycles. The summed E-state index contributed by atoms with van der Waals surface area (Å²) in [4.78, 5) is 11.5. The number of amides is 1. The van der Waals surface area contributed by atoms with E-state index >= 15 is 0 Å². The van der Waals surface area contributed by atoms with E-state index in [-0.39, 0.29) is 11.9 Å². The molecule has 0 aliphatic rings. The summed E-state index contributed by atoms with van der Waals surface area (Å²) in [5, 5.41) is 3.00. The van der Waals surface area contributed by atoms with E-state index in [4.69, 9.17) is 0 Å². The zero-order valence-electron chi connectivity index (χ0n) is 9.79. The van der Waals surface area contributed by atoms with Gasteiger partial charge in [-0.25, -0.2) is 0 Å². The number of carbonyl (C=O) groups is 1. The molecule has 2 nitrogen and oxygen atoms in total. The van der Waals surface area contributed by atoms with Gasteiger partial charge in [0.2, 0.25) is 5.91 Å². The van der Waals surface area contributed by atoms with Crippen molar-refractivity contribution in [2.24, 2.45) is 0 Å². The van der Waals surface area contributed by atoms with Crippen LogP contribution in [0.3, 0.4) is 0 Å². The highest BCUT2D eigenvalue weighted by atomic mass is 79.9. The maximum Gasteiger partial charge on any atom is 0.220 e. The largest absolute Gasteiger partial charge is 0.350 e. The summed E-state index contributed by atoms with van der Waals surface area (Å²) in [7, 11) is 0. The van der Waals surface area contributed by atoms with Gasteiger partial charge >= 0.3 is 0 Å². The molecule has 0 aromatic heterocycles. The van der Waals surface area contributed by atoms with Crippen molar-refractivity contribution in [1.82, 2.24) is 5.32 Å². The van der Waals surface area contributed by atoms with Crippen molar-refractivity contribution >= 4 is 21.8 Å². The quantitative estimate of drug-likeness (QED) is 0.875. The summed E-state index contributed by atoms with van der Waals surface area (Å²) in [6.07, 6.45) is 2.63. The maximum absolute atomic E-state index is 11.5. The van der Waals surface area contributed by atoms with Crippen molar-refractivity contribution in [3.05, 3.63) is 34.3 Å². The van der Waals surface area contributed by atoms with Crippen molar-refractivity contribution < 1.29 is 4.79 Å². The molecule has 0 aliphatic heterocycles. The monoisotopic (exact) mass is 283 g/mol. The molecule has 1 amide bonds. The number of nitrogens with one attached hydrogen (secondary N) is 1. The Morgan fingerprint density at radius 2 is 2.25 bits per heavy atom. The maximum atomic E-state index is 11.5. The summed E-state index contributed by atoms with van der Waals surface area (Å²) in [5.74, 6) is 0.134. The van der Waals surface area contributed by atoms with Crippen molar-refractivity contribution in [3.8, 4) is 0 Å². The van der Waals surface area contributed by atoms with Gasteiger partial charge in [-0.1, -0.05) is 41.4 Å². The number of halogens is 1. The molecule has 1 N–H and O–H groups in total. The summed E-state index contributed by atoms with van der Waals surface area (Å²) in [5.41, 5.74) is 1.12. The fraction of sp³-hybridized carbons (Fsp3) is 0.462. The molecule has 3 heteroatoms. The Bertz CT molecular complexity index is 352. The third-order valence-corrected chi connectivity index (χ3v) is 2.98. The molecule has 1 atom stereocenters. The molecule has 0 saturated heterocycles. The molecule has 16 heavy (non-hydrogen) atoms. The highest BCUT2D eigenvalue weighted by Gasteiger charge is 2.08. The van der Waals surface area contributed by atoms with Gasteiger partial charge in [0.15, 0.2) is 0 Å². The Morgan fingerprint density at radius 3 is 2.88 bits per heavy atom. The molecule has 0 saturated carbocycles. The van der Waals surface area contributed by atoms with Gasteiger partial charge in [-0.15, -0.1) is 0 Å². The van der Waals surface area contributed by atoms with Crippen LogP contribution in [0.2, 0.25) is 0 Å². The first-order valence-electron chi connectivity index (χ1n) is 5.68. The van der Waals surface area contributed by atoms with Crippen molar-refractivity contribution in [2.45, 2.75) is 39.2 Å². The second kappa shape index (κ2) is 6.69. The lowest BCUT2D eigenvalue weighted by Crippen LogP contribution is -2.26. The number of hydrogen-bond acceptors (Lipinski definition) is 1. The summed E-state index contributed by atoms with van der Waals surface area (Å²) >= 11 is 3.43. The topological polar surface area (TPSA) is 29.1 Å². The molecule has 0 radical (unpaired) electrons. The van der Waals surface area contributed by atoms with Crippen LogP contribution in [0.25, 0.3) is 0 Å². The second-order valence-corrected chi connectivity index (χ2v) is 4.86. The van der Waals surface area contributed by atoms with E-state index < -0.39 is 0 Å². The standard InChI is InChI=1S/C13H18BrNO/c1-3-4-8-13(16)15-10(2)11-6-5-7-12(14)9-11/h5-7,9-10H,3-4,8H2,1-2H3,(H,15,16). The Morgan fingerprint density at radius 1 is 1.50 bits per heavy atom. The van der Waals surface area contributed by atoms with Gasteiger partial charge in [0.25, 0.3) is 0 Å².